The molecule has 3 N–H and O–H groups in total. The normalized spacial score (nSPS) is 11.6. The second kappa shape index (κ2) is 8.89. The fourth-order valence-corrected chi connectivity index (χ4v) is 2.18. The number of carbonyl (C=O) groups excluding carboxylic acids is 2. The zero-order chi connectivity index (χ0) is 18.2. The highest BCUT2D eigenvalue weighted by molar-refractivity contribution is 5.96. The van der Waals surface area contributed by atoms with Gasteiger partial charge < -0.3 is 15.7 Å². The van der Waals surface area contributed by atoms with Gasteiger partial charge in [-0.05, 0) is 24.1 Å². The third kappa shape index (κ3) is 5.65. The monoisotopic (exact) mass is 348 g/mol. The first-order valence-corrected chi connectivity index (χ1v) is 7.70. The summed E-state index contributed by atoms with van der Waals surface area (Å²) in [5, 5.41) is 14.8. The van der Waals surface area contributed by atoms with Crippen LogP contribution in [0.5, 0.6) is 0 Å². The Morgan fingerprint density at radius 1 is 1.04 bits per heavy atom. The van der Waals surface area contributed by atoms with E-state index in [4.69, 9.17) is 0 Å². The van der Waals surface area contributed by atoms with Crippen LogP contribution < -0.4 is 10.6 Å². The maximum Gasteiger partial charge on any atom is 0.254 e. The van der Waals surface area contributed by atoms with Gasteiger partial charge in [0.15, 0.2) is 0 Å². The maximum absolute atomic E-state index is 13.4. The molecule has 0 spiro atoms. The number of benzene rings is 2. The van der Waals surface area contributed by atoms with E-state index in [0.29, 0.717) is 12.5 Å². The molecule has 0 radical (unpaired) electrons. The van der Waals surface area contributed by atoms with Crippen molar-refractivity contribution in [1.82, 2.24) is 10.6 Å². The Morgan fingerprint density at radius 2 is 1.76 bits per heavy atom. The minimum atomic E-state index is -0.996. The van der Waals surface area contributed by atoms with Gasteiger partial charge >= 0.3 is 0 Å². The van der Waals surface area contributed by atoms with Crippen LogP contribution in [-0.2, 0) is 4.79 Å². The van der Waals surface area contributed by atoms with Crippen molar-refractivity contribution in [3.63, 3.8) is 0 Å². The number of rotatable bonds is 7. The van der Waals surface area contributed by atoms with E-state index in [1.165, 1.54) is 0 Å². The van der Waals surface area contributed by atoms with E-state index in [-0.39, 0.29) is 18.7 Å². The molecule has 2 aromatic carbocycles. The predicted molar refractivity (Wildman–Crippen MR) is 87.7 cm³/mol. The van der Waals surface area contributed by atoms with Gasteiger partial charge in [0.05, 0.1) is 18.2 Å². The third-order valence-electron chi connectivity index (χ3n) is 3.51. The van der Waals surface area contributed by atoms with Gasteiger partial charge in [-0.15, -0.1) is 0 Å². The molecule has 0 aliphatic carbocycles. The smallest absolute Gasteiger partial charge is 0.254 e. The molecule has 0 saturated carbocycles. The zero-order valence-electron chi connectivity index (χ0n) is 13.3. The first-order valence-electron chi connectivity index (χ1n) is 7.70. The van der Waals surface area contributed by atoms with E-state index in [1.807, 2.05) is 6.07 Å². The Morgan fingerprint density at radius 3 is 2.44 bits per heavy atom. The van der Waals surface area contributed by atoms with E-state index in [9.17, 15) is 23.5 Å². The molecule has 25 heavy (non-hydrogen) atoms. The number of hydrogen-bond acceptors (Lipinski definition) is 3. The summed E-state index contributed by atoms with van der Waals surface area (Å²) < 4.78 is 26.2. The second-order valence-corrected chi connectivity index (χ2v) is 5.37. The standard InChI is InChI=1S/C18H18F2N2O3/c19-13-6-7-14(15(20)10-13)18(25)22-11-17(24)21-9-8-16(23)12-4-2-1-3-5-12/h1-7,10,16,23H,8-9,11H2,(H,21,24)(H,22,25). The van der Waals surface area contributed by atoms with Crippen molar-refractivity contribution in [3.05, 3.63) is 71.3 Å². The molecule has 132 valence electrons. The molecular formula is C18H18F2N2O3. The van der Waals surface area contributed by atoms with Crippen molar-refractivity contribution in [3.8, 4) is 0 Å². The van der Waals surface area contributed by atoms with Crippen molar-refractivity contribution in [2.24, 2.45) is 0 Å². The first kappa shape index (κ1) is 18.5. The van der Waals surface area contributed by atoms with Gasteiger partial charge in [-0.25, -0.2) is 8.78 Å². The van der Waals surface area contributed by atoms with Crippen LogP contribution in [0.2, 0.25) is 0 Å². The molecule has 0 bridgehead atoms. The van der Waals surface area contributed by atoms with Crippen LogP contribution in [0.4, 0.5) is 8.78 Å². The van der Waals surface area contributed by atoms with E-state index in [0.717, 1.165) is 17.7 Å². The minimum absolute atomic E-state index is 0.218. The topological polar surface area (TPSA) is 78.4 Å². The fourth-order valence-electron chi connectivity index (χ4n) is 2.18. The molecule has 1 atom stereocenters. The van der Waals surface area contributed by atoms with Gasteiger partial charge in [-0.1, -0.05) is 30.3 Å². The summed E-state index contributed by atoms with van der Waals surface area (Å²) in [4.78, 5) is 23.4. The summed E-state index contributed by atoms with van der Waals surface area (Å²) in [6.07, 6.45) is -0.388. The zero-order valence-corrected chi connectivity index (χ0v) is 13.3. The fraction of sp³-hybridized carbons (Fsp3) is 0.222. The predicted octanol–water partition coefficient (Wildman–Crippen LogP) is 1.93. The lowest BCUT2D eigenvalue weighted by Gasteiger charge is -2.12. The Hall–Kier alpha value is -2.80. The van der Waals surface area contributed by atoms with Crippen molar-refractivity contribution in [1.29, 1.82) is 0 Å². The third-order valence-corrected chi connectivity index (χ3v) is 3.51. The molecule has 2 aromatic rings. The van der Waals surface area contributed by atoms with Gasteiger partial charge in [-0.2, -0.15) is 0 Å². The number of amides is 2. The first-order chi connectivity index (χ1) is 12.0. The van der Waals surface area contributed by atoms with Crippen LogP contribution in [-0.4, -0.2) is 30.0 Å². The number of nitrogens with one attached hydrogen (secondary N) is 2. The van der Waals surface area contributed by atoms with Crippen molar-refractivity contribution in [2.45, 2.75) is 12.5 Å². The summed E-state index contributed by atoms with van der Waals surface area (Å²) in [7, 11) is 0. The number of aliphatic hydroxyl groups is 1. The molecule has 0 aliphatic heterocycles. The number of halogens is 2. The maximum atomic E-state index is 13.4. The Labute approximate surface area is 143 Å². The molecule has 1 unspecified atom stereocenters. The Kier molecular flexibility index (Phi) is 6.59. The molecule has 0 aromatic heterocycles. The minimum Gasteiger partial charge on any atom is -0.388 e. The number of aliphatic hydroxyl groups excluding tert-OH is 1. The average molecular weight is 348 g/mol. The van der Waals surface area contributed by atoms with Crippen LogP contribution in [0.25, 0.3) is 0 Å². The lowest BCUT2D eigenvalue weighted by Crippen LogP contribution is -2.37. The summed E-state index contributed by atoms with van der Waals surface area (Å²) in [5.41, 5.74) is 0.408. The van der Waals surface area contributed by atoms with Crippen LogP contribution in [0.1, 0.15) is 28.4 Å². The quantitative estimate of drug-likeness (QED) is 0.715. The van der Waals surface area contributed by atoms with Gasteiger partial charge in [0.2, 0.25) is 5.91 Å². The average Bonchev–Trinajstić information content (AvgIpc) is 2.60. The molecule has 5 nitrogen and oxygen atoms in total. The van der Waals surface area contributed by atoms with Gasteiger partial charge in [0.25, 0.3) is 5.91 Å². The highest BCUT2D eigenvalue weighted by Gasteiger charge is 2.13. The van der Waals surface area contributed by atoms with Crippen LogP contribution in [0, 0.1) is 11.6 Å². The molecule has 0 heterocycles. The van der Waals surface area contributed by atoms with Crippen LogP contribution in [0.3, 0.4) is 0 Å². The van der Waals surface area contributed by atoms with Gasteiger partial charge in [0.1, 0.15) is 11.6 Å². The lowest BCUT2D eigenvalue weighted by molar-refractivity contribution is -0.120. The van der Waals surface area contributed by atoms with Gasteiger partial charge in [-0.3, -0.25) is 9.59 Å². The molecule has 2 rings (SSSR count). The Bertz CT molecular complexity index is 738. The summed E-state index contributed by atoms with van der Waals surface area (Å²) in [6.45, 7) is -0.132. The summed E-state index contributed by atoms with van der Waals surface area (Å²) in [5.74, 6) is -3.07. The lowest BCUT2D eigenvalue weighted by atomic mass is 10.1. The van der Waals surface area contributed by atoms with Crippen molar-refractivity contribution >= 4 is 11.8 Å². The largest absolute Gasteiger partial charge is 0.388 e. The van der Waals surface area contributed by atoms with Crippen molar-refractivity contribution < 1.29 is 23.5 Å². The molecule has 0 aliphatic rings. The highest BCUT2D eigenvalue weighted by Crippen LogP contribution is 2.14. The van der Waals surface area contributed by atoms with E-state index in [1.54, 1.807) is 24.3 Å². The van der Waals surface area contributed by atoms with Crippen LogP contribution in [0.15, 0.2) is 48.5 Å². The van der Waals surface area contributed by atoms with Crippen LogP contribution >= 0.6 is 0 Å². The summed E-state index contributed by atoms with van der Waals surface area (Å²) in [6, 6.07) is 11.6. The second-order valence-electron chi connectivity index (χ2n) is 5.37. The molecule has 7 heteroatoms. The Balaban J connectivity index is 1.72. The molecule has 0 fully saturated rings. The van der Waals surface area contributed by atoms with E-state index in [2.05, 4.69) is 10.6 Å². The SMILES string of the molecule is O=C(CNC(=O)c1ccc(F)cc1F)NCCC(O)c1ccccc1. The van der Waals surface area contributed by atoms with E-state index >= 15 is 0 Å². The highest BCUT2D eigenvalue weighted by atomic mass is 19.1. The van der Waals surface area contributed by atoms with Gasteiger partial charge in [0, 0.05) is 12.6 Å². The molecule has 0 saturated heterocycles. The van der Waals surface area contributed by atoms with E-state index < -0.39 is 29.6 Å². The molecule has 2 amide bonds. The number of hydrogen-bond donors (Lipinski definition) is 3. The van der Waals surface area contributed by atoms with Crippen molar-refractivity contribution in [2.75, 3.05) is 13.1 Å². The number of carbonyl (C=O) groups is 2. The molecular weight excluding hydrogens is 330 g/mol. The summed E-state index contributed by atoms with van der Waals surface area (Å²) >= 11 is 0.